The van der Waals surface area contributed by atoms with E-state index < -0.39 is 54.5 Å². The SMILES string of the molecule is C[C@@H](O)[C@H](NC(=O)[C@@H](N)CCC(N)=O)C(=O)N[C@@H](CO)C(=O)O. The average molecular weight is 334 g/mol. The third-order valence-electron chi connectivity index (χ3n) is 2.90. The molecule has 0 aliphatic rings. The minimum Gasteiger partial charge on any atom is -0.480 e. The highest BCUT2D eigenvalue weighted by atomic mass is 16.4. The van der Waals surface area contributed by atoms with E-state index in [0.29, 0.717) is 0 Å². The number of carboxylic acids is 1. The van der Waals surface area contributed by atoms with E-state index in [2.05, 4.69) is 5.32 Å². The Labute approximate surface area is 132 Å². The van der Waals surface area contributed by atoms with Crippen molar-refractivity contribution in [3.05, 3.63) is 0 Å². The van der Waals surface area contributed by atoms with Crippen molar-refractivity contribution in [1.82, 2.24) is 10.6 Å². The van der Waals surface area contributed by atoms with Gasteiger partial charge in [-0.25, -0.2) is 4.79 Å². The number of nitrogens with two attached hydrogens (primary N) is 2. The lowest BCUT2D eigenvalue weighted by Gasteiger charge is -2.24. The maximum atomic E-state index is 11.9. The molecule has 11 nitrogen and oxygen atoms in total. The fraction of sp³-hybridized carbons (Fsp3) is 0.667. The third kappa shape index (κ3) is 7.54. The fourth-order valence-electron chi connectivity index (χ4n) is 1.54. The summed E-state index contributed by atoms with van der Waals surface area (Å²) in [6, 6.07) is -4.19. The van der Waals surface area contributed by atoms with E-state index in [4.69, 9.17) is 21.7 Å². The molecule has 0 aliphatic heterocycles. The topological polar surface area (TPSA) is 205 Å². The molecule has 0 spiro atoms. The van der Waals surface area contributed by atoms with Crippen LogP contribution in [0.3, 0.4) is 0 Å². The summed E-state index contributed by atoms with van der Waals surface area (Å²) in [6.07, 6.45) is -1.54. The van der Waals surface area contributed by atoms with Crippen LogP contribution in [0.5, 0.6) is 0 Å². The number of aliphatic hydroxyl groups excluding tert-OH is 2. The summed E-state index contributed by atoms with van der Waals surface area (Å²) in [7, 11) is 0. The van der Waals surface area contributed by atoms with Crippen LogP contribution in [0.4, 0.5) is 0 Å². The van der Waals surface area contributed by atoms with Crippen molar-refractivity contribution >= 4 is 23.7 Å². The van der Waals surface area contributed by atoms with E-state index in [0.717, 1.165) is 0 Å². The highest BCUT2D eigenvalue weighted by molar-refractivity contribution is 5.92. The molecule has 0 aliphatic carbocycles. The second-order valence-corrected chi connectivity index (χ2v) is 4.92. The zero-order chi connectivity index (χ0) is 18.2. The minimum atomic E-state index is -1.58. The van der Waals surface area contributed by atoms with Gasteiger partial charge in [-0.05, 0) is 13.3 Å². The van der Waals surface area contributed by atoms with E-state index in [1.807, 2.05) is 5.32 Å². The van der Waals surface area contributed by atoms with Crippen molar-refractivity contribution in [2.75, 3.05) is 6.61 Å². The number of aliphatic hydroxyl groups is 2. The van der Waals surface area contributed by atoms with Crippen molar-refractivity contribution in [3.8, 4) is 0 Å². The monoisotopic (exact) mass is 334 g/mol. The van der Waals surface area contributed by atoms with E-state index in [9.17, 15) is 24.3 Å². The van der Waals surface area contributed by atoms with Crippen molar-refractivity contribution in [2.24, 2.45) is 11.5 Å². The second-order valence-electron chi connectivity index (χ2n) is 4.92. The average Bonchev–Trinajstić information content (AvgIpc) is 2.46. The van der Waals surface area contributed by atoms with Crippen molar-refractivity contribution in [3.63, 3.8) is 0 Å². The maximum absolute atomic E-state index is 11.9. The van der Waals surface area contributed by atoms with Gasteiger partial charge < -0.3 is 37.4 Å². The van der Waals surface area contributed by atoms with Gasteiger partial charge in [0.1, 0.15) is 12.1 Å². The zero-order valence-corrected chi connectivity index (χ0v) is 12.6. The molecule has 0 bridgehead atoms. The number of carbonyl (C=O) groups excluding carboxylic acids is 3. The summed E-state index contributed by atoms with van der Waals surface area (Å²) >= 11 is 0. The lowest BCUT2D eigenvalue weighted by Crippen LogP contribution is -2.58. The molecule has 0 aromatic heterocycles. The number of primary amides is 1. The molecule has 0 saturated carbocycles. The Hall–Kier alpha value is -2.24. The Morgan fingerprint density at radius 3 is 2.09 bits per heavy atom. The third-order valence-corrected chi connectivity index (χ3v) is 2.90. The summed E-state index contributed by atoms with van der Waals surface area (Å²) < 4.78 is 0. The van der Waals surface area contributed by atoms with Crippen LogP contribution in [0.15, 0.2) is 0 Å². The number of aliphatic carboxylic acids is 1. The predicted octanol–water partition coefficient (Wildman–Crippen LogP) is -3.99. The summed E-state index contributed by atoms with van der Waals surface area (Å²) in [5, 5.41) is 31.3. The first kappa shape index (κ1) is 20.8. The van der Waals surface area contributed by atoms with Gasteiger partial charge in [0.05, 0.1) is 18.8 Å². The Balaban J connectivity index is 4.79. The Morgan fingerprint density at radius 2 is 1.70 bits per heavy atom. The molecule has 0 unspecified atom stereocenters. The summed E-state index contributed by atoms with van der Waals surface area (Å²) in [4.78, 5) is 45.1. The first-order valence-corrected chi connectivity index (χ1v) is 6.76. The van der Waals surface area contributed by atoms with Gasteiger partial charge in [0, 0.05) is 6.42 Å². The van der Waals surface area contributed by atoms with Crippen LogP contribution in [0.25, 0.3) is 0 Å². The van der Waals surface area contributed by atoms with Crippen LogP contribution in [0.2, 0.25) is 0 Å². The molecular weight excluding hydrogens is 312 g/mol. The van der Waals surface area contributed by atoms with E-state index in [-0.39, 0.29) is 12.8 Å². The number of hydrogen-bond acceptors (Lipinski definition) is 7. The van der Waals surface area contributed by atoms with Gasteiger partial charge in [0.25, 0.3) is 0 Å². The molecule has 11 heteroatoms. The van der Waals surface area contributed by atoms with Crippen LogP contribution >= 0.6 is 0 Å². The van der Waals surface area contributed by atoms with Crippen LogP contribution in [-0.2, 0) is 19.2 Å². The van der Waals surface area contributed by atoms with Gasteiger partial charge in [-0.2, -0.15) is 0 Å². The summed E-state index contributed by atoms with van der Waals surface area (Å²) in [6.45, 7) is 0.341. The Bertz CT molecular complexity index is 455. The highest BCUT2D eigenvalue weighted by Crippen LogP contribution is 1.99. The van der Waals surface area contributed by atoms with E-state index in [1.165, 1.54) is 6.92 Å². The molecule has 132 valence electrons. The number of amides is 3. The van der Waals surface area contributed by atoms with Crippen LogP contribution in [-0.4, -0.2) is 69.8 Å². The lowest BCUT2D eigenvalue weighted by molar-refractivity contribution is -0.144. The minimum absolute atomic E-state index is 0.0519. The lowest BCUT2D eigenvalue weighted by atomic mass is 10.1. The fourth-order valence-corrected chi connectivity index (χ4v) is 1.54. The molecule has 3 amide bonds. The molecular formula is C12H22N4O7. The van der Waals surface area contributed by atoms with Gasteiger partial charge in [-0.3, -0.25) is 14.4 Å². The number of carbonyl (C=O) groups is 4. The zero-order valence-electron chi connectivity index (χ0n) is 12.6. The molecule has 0 rings (SSSR count). The number of carboxylic acid groups (broad SMARTS) is 1. The van der Waals surface area contributed by atoms with Gasteiger partial charge >= 0.3 is 5.97 Å². The van der Waals surface area contributed by atoms with Crippen molar-refractivity contribution in [1.29, 1.82) is 0 Å². The van der Waals surface area contributed by atoms with Gasteiger partial charge in [-0.15, -0.1) is 0 Å². The van der Waals surface area contributed by atoms with E-state index >= 15 is 0 Å². The Kier molecular flexibility index (Phi) is 8.77. The summed E-state index contributed by atoms with van der Waals surface area (Å²) in [5.74, 6) is -3.94. The largest absolute Gasteiger partial charge is 0.480 e. The van der Waals surface area contributed by atoms with E-state index in [1.54, 1.807) is 0 Å². The Morgan fingerprint density at radius 1 is 1.13 bits per heavy atom. The van der Waals surface area contributed by atoms with Crippen molar-refractivity contribution < 1.29 is 34.5 Å². The standard InChI is InChI=1S/C12H22N4O7/c1-5(18)9(11(21)15-7(4-17)12(22)23)16-10(20)6(13)2-3-8(14)19/h5-7,9,17-18H,2-4,13H2,1H3,(H2,14,19)(H,15,21)(H,16,20)(H,22,23)/t5-,6+,7+,9+/m1/s1. The van der Waals surface area contributed by atoms with Crippen LogP contribution in [0.1, 0.15) is 19.8 Å². The smallest absolute Gasteiger partial charge is 0.328 e. The van der Waals surface area contributed by atoms with Gasteiger partial charge in [0.15, 0.2) is 0 Å². The number of rotatable bonds is 10. The first-order chi connectivity index (χ1) is 10.6. The molecule has 0 aromatic carbocycles. The number of nitrogens with one attached hydrogen (secondary N) is 2. The first-order valence-electron chi connectivity index (χ1n) is 6.76. The normalized spacial score (nSPS) is 15.8. The van der Waals surface area contributed by atoms with Crippen molar-refractivity contribution in [2.45, 2.75) is 44.0 Å². The maximum Gasteiger partial charge on any atom is 0.328 e. The van der Waals surface area contributed by atoms with Crippen LogP contribution in [0, 0.1) is 0 Å². The van der Waals surface area contributed by atoms with Gasteiger partial charge in [-0.1, -0.05) is 0 Å². The quantitative estimate of drug-likeness (QED) is 0.209. The molecule has 0 saturated heterocycles. The highest BCUT2D eigenvalue weighted by Gasteiger charge is 2.30. The molecule has 4 atom stereocenters. The van der Waals surface area contributed by atoms with Gasteiger partial charge in [0.2, 0.25) is 17.7 Å². The molecule has 0 radical (unpaired) electrons. The molecule has 23 heavy (non-hydrogen) atoms. The molecule has 0 heterocycles. The van der Waals surface area contributed by atoms with Crippen LogP contribution < -0.4 is 22.1 Å². The molecule has 0 aromatic rings. The summed E-state index contributed by atoms with van der Waals surface area (Å²) in [5.41, 5.74) is 10.4. The number of hydrogen-bond donors (Lipinski definition) is 7. The second kappa shape index (κ2) is 9.71. The predicted molar refractivity (Wildman–Crippen MR) is 76.7 cm³/mol. The molecule has 0 fully saturated rings. The molecule has 9 N–H and O–H groups in total.